The fraction of sp³-hybridized carbons (Fsp3) is 0.154. The van der Waals surface area contributed by atoms with Crippen LogP contribution in [0.5, 0.6) is 11.6 Å². The van der Waals surface area contributed by atoms with Crippen LogP contribution in [0.15, 0.2) is 42.7 Å². The molecule has 3 aromatic heterocycles. The van der Waals surface area contributed by atoms with E-state index >= 15 is 4.39 Å². The molecule has 1 amide bonds. The standard InChI is InChI=1S/C26H18ClFN6O4S/c1-13-7-16(23-17(8-13)33-20(36-2)12-31-23)25-34-24-19(39-25)9-18(22(28)21(24)27)37-5-6-38-26(35)32-15-4-3-14(10-29)30-11-15/h3-4,7-9,11-12H,5-6H2,1-2H3,(H,32,35). The minimum atomic E-state index is -0.771. The zero-order valence-corrected chi connectivity index (χ0v) is 22.1. The lowest BCUT2D eigenvalue weighted by Crippen LogP contribution is -2.18. The molecule has 196 valence electrons. The highest BCUT2D eigenvalue weighted by Crippen LogP contribution is 2.40. The number of amides is 1. The minimum Gasteiger partial charge on any atom is -0.487 e. The van der Waals surface area contributed by atoms with E-state index in [0.717, 1.165) is 11.1 Å². The predicted molar refractivity (Wildman–Crippen MR) is 144 cm³/mol. The number of aromatic nitrogens is 4. The van der Waals surface area contributed by atoms with Crippen LogP contribution >= 0.6 is 22.9 Å². The Labute approximate surface area is 230 Å². The number of pyridine rings is 1. The van der Waals surface area contributed by atoms with Crippen LogP contribution in [0.25, 0.3) is 31.8 Å². The number of halogens is 2. The van der Waals surface area contributed by atoms with Crippen LogP contribution in [0.2, 0.25) is 5.02 Å². The third kappa shape index (κ3) is 5.50. The van der Waals surface area contributed by atoms with Gasteiger partial charge in [-0.3, -0.25) is 5.32 Å². The topological polar surface area (TPSA) is 132 Å². The highest BCUT2D eigenvalue weighted by atomic mass is 35.5. The van der Waals surface area contributed by atoms with E-state index in [4.69, 9.17) is 31.1 Å². The molecular formula is C26H18ClFN6O4S. The van der Waals surface area contributed by atoms with Gasteiger partial charge >= 0.3 is 6.09 Å². The van der Waals surface area contributed by atoms with Crippen molar-refractivity contribution in [2.24, 2.45) is 0 Å². The van der Waals surface area contributed by atoms with Crippen molar-refractivity contribution in [2.45, 2.75) is 6.92 Å². The van der Waals surface area contributed by atoms with Gasteiger partial charge in [0.25, 0.3) is 0 Å². The van der Waals surface area contributed by atoms with Crippen LogP contribution in [-0.4, -0.2) is 46.4 Å². The maximum atomic E-state index is 15.0. The number of ether oxygens (including phenoxy) is 3. The highest BCUT2D eigenvalue weighted by molar-refractivity contribution is 7.21. The molecule has 13 heteroatoms. The van der Waals surface area contributed by atoms with E-state index in [-0.39, 0.29) is 29.7 Å². The van der Waals surface area contributed by atoms with Gasteiger partial charge in [0, 0.05) is 11.6 Å². The summed E-state index contributed by atoms with van der Waals surface area (Å²) in [5.41, 5.74) is 3.82. The maximum absolute atomic E-state index is 15.0. The molecule has 0 aliphatic heterocycles. The Morgan fingerprint density at radius 3 is 2.74 bits per heavy atom. The van der Waals surface area contributed by atoms with Crippen molar-refractivity contribution in [3.8, 4) is 28.3 Å². The first-order chi connectivity index (χ1) is 18.9. The monoisotopic (exact) mass is 564 g/mol. The van der Waals surface area contributed by atoms with E-state index in [1.54, 1.807) is 0 Å². The van der Waals surface area contributed by atoms with Crippen LogP contribution in [0.1, 0.15) is 11.3 Å². The Hall–Kier alpha value is -4.60. The number of nitrogens with one attached hydrogen (secondary N) is 1. The van der Waals surface area contributed by atoms with Crippen molar-refractivity contribution >= 4 is 56.0 Å². The quantitative estimate of drug-likeness (QED) is 0.239. The van der Waals surface area contributed by atoms with Gasteiger partial charge in [0.2, 0.25) is 5.88 Å². The van der Waals surface area contributed by atoms with Crippen LogP contribution in [0.4, 0.5) is 14.9 Å². The fourth-order valence-corrected chi connectivity index (χ4v) is 5.00. The molecule has 0 unspecified atom stereocenters. The molecule has 0 saturated heterocycles. The molecule has 0 radical (unpaired) electrons. The van der Waals surface area contributed by atoms with Crippen LogP contribution in [0, 0.1) is 24.1 Å². The van der Waals surface area contributed by atoms with Gasteiger partial charge in [-0.15, -0.1) is 11.3 Å². The zero-order valence-electron chi connectivity index (χ0n) is 20.5. The molecule has 0 aliphatic rings. The lowest BCUT2D eigenvalue weighted by Gasteiger charge is -2.10. The van der Waals surface area contributed by atoms with Crippen LogP contribution < -0.4 is 14.8 Å². The number of hydrogen-bond donors (Lipinski definition) is 1. The SMILES string of the molecule is COc1cnc2c(-c3nc4c(Cl)c(F)c(OCCOC(=O)Nc5ccc(C#N)nc5)cc4s3)cc(C)cc2n1. The summed E-state index contributed by atoms with van der Waals surface area (Å²) < 4.78 is 31.4. The first kappa shape index (κ1) is 26.0. The van der Waals surface area contributed by atoms with E-state index in [0.29, 0.717) is 37.8 Å². The molecule has 0 spiro atoms. The van der Waals surface area contributed by atoms with Gasteiger partial charge in [0.05, 0.1) is 40.9 Å². The van der Waals surface area contributed by atoms with Crippen molar-refractivity contribution in [1.82, 2.24) is 19.9 Å². The van der Waals surface area contributed by atoms with Crippen LogP contribution in [0.3, 0.4) is 0 Å². The Morgan fingerprint density at radius 2 is 2.00 bits per heavy atom. The Bertz CT molecular complexity index is 1760. The fourth-order valence-electron chi connectivity index (χ4n) is 3.68. The number of thiazole rings is 1. The molecule has 1 N–H and O–H groups in total. The number of carbonyl (C=O) groups excluding carboxylic acids is 1. The van der Waals surface area contributed by atoms with E-state index < -0.39 is 11.9 Å². The van der Waals surface area contributed by atoms with Crippen molar-refractivity contribution in [3.63, 3.8) is 0 Å². The lowest BCUT2D eigenvalue weighted by atomic mass is 10.1. The maximum Gasteiger partial charge on any atom is 0.411 e. The van der Waals surface area contributed by atoms with Gasteiger partial charge < -0.3 is 14.2 Å². The summed E-state index contributed by atoms with van der Waals surface area (Å²) in [6.45, 7) is 1.65. The van der Waals surface area contributed by atoms with Gasteiger partial charge in [-0.1, -0.05) is 11.6 Å². The first-order valence-electron chi connectivity index (χ1n) is 11.4. The minimum absolute atomic E-state index is 0.0957. The molecule has 10 nitrogen and oxygen atoms in total. The van der Waals surface area contributed by atoms with Crippen molar-refractivity contribution in [3.05, 3.63) is 64.8 Å². The third-order valence-corrected chi connectivity index (χ3v) is 6.82. The predicted octanol–water partition coefficient (Wildman–Crippen LogP) is 5.91. The Morgan fingerprint density at radius 1 is 1.15 bits per heavy atom. The van der Waals surface area contributed by atoms with E-state index in [1.165, 1.54) is 49.0 Å². The number of benzene rings is 2. The summed E-state index contributed by atoms with van der Waals surface area (Å²) in [7, 11) is 1.52. The summed E-state index contributed by atoms with van der Waals surface area (Å²) in [6, 6.07) is 10.2. The molecule has 5 aromatic rings. The number of nitriles is 1. The van der Waals surface area contributed by atoms with E-state index in [2.05, 4.69) is 25.3 Å². The molecule has 0 fully saturated rings. The zero-order chi connectivity index (χ0) is 27.5. The normalized spacial score (nSPS) is 10.8. The van der Waals surface area contributed by atoms with Crippen LogP contribution in [-0.2, 0) is 4.74 Å². The molecule has 0 bridgehead atoms. The molecule has 2 aromatic carbocycles. The second kappa shape index (κ2) is 11.0. The molecule has 0 saturated carbocycles. The lowest BCUT2D eigenvalue weighted by molar-refractivity contribution is 0.136. The number of anilines is 1. The van der Waals surface area contributed by atoms with E-state index in [1.807, 2.05) is 25.1 Å². The number of rotatable bonds is 7. The number of fused-ring (bicyclic) bond motifs is 2. The van der Waals surface area contributed by atoms with Crippen molar-refractivity contribution < 1.29 is 23.4 Å². The van der Waals surface area contributed by atoms with Gasteiger partial charge in [-0.2, -0.15) is 5.26 Å². The second-order valence-corrected chi connectivity index (χ2v) is 9.52. The van der Waals surface area contributed by atoms with E-state index in [9.17, 15) is 4.79 Å². The summed E-state index contributed by atoms with van der Waals surface area (Å²) in [5.74, 6) is -0.475. The smallest absolute Gasteiger partial charge is 0.411 e. The van der Waals surface area contributed by atoms with Crippen molar-refractivity contribution in [1.29, 1.82) is 5.26 Å². The number of aryl methyl sites for hydroxylation is 1. The number of methoxy groups -OCH3 is 1. The molecule has 5 rings (SSSR count). The molecule has 0 aliphatic carbocycles. The summed E-state index contributed by atoms with van der Waals surface area (Å²) in [6.07, 6.45) is 2.10. The molecular weight excluding hydrogens is 547 g/mol. The number of carbonyl (C=O) groups is 1. The molecule has 0 atom stereocenters. The van der Waals surface area contributed by atoms with Gasteiger partial charge in [-0.25, -0.2) is 29.1 Å². The average Bonchev–Trinajstić information content (AvgIpc) is 3.37. The average molecular weight is 565 g/mol. The second-order valence-electron chi connectivity index (χ2n) is 8.11. The number of nitrogens with zero attached hydrogens (tertiary/aromatic N) is 5. The highest BCUT2D eigenvalue weighted by Gasteiger charge is 2.20. The van der Waals surface area contributed by atoms with Gasteiger partial charge in [-0.05, 0) is 36.8 Å². The molecule has 39 heavy (non-hydrogen) atoms. The van der Waals surface area contributed by atoms with Crippen molar-refractivity contribution in [2.75, 3.05) is 25.6 Å². The summed E-state index contributed by atoms with van der Waals surface area (Å²) in [5, 5.41) is 11.7. The van der Waals surface area contributed by atoms with Gasteiger partial charge in [0.1, 0.15) is 40.5 Å². The molecule has 3 heterocycles. The largest absolute Gasteiger partial charge is 0.487 e. The Kier molecular flexibility index (Phi) is 7.36. The first-order valence-corrected chi connectivity index (χ1v) is 12.6. The van der Waals surface area contributed by atoms with Gasteiger partial charge in [0.15, 0.2) is 11.6 Å². The summed E-state index contributed by atoms with van der Waals surface area (Å²) in [4.78, 5) is 29.3. The third-order valence-electron chi connectivity index (χ3n) is 5.44. The number of hydrogen-bond acceptors (Lipinski definition) is 10. The Balaban J connectivity index is 1.31. The summed E-state index contributed by atoms with van der Waals surface area (Å²) >= 11 is 7.63.